The molecule has 180 valence electrons. The first kappa shape index (κ1) is 22.0. The molecule has 32 heavy (non-hydrogen) atoms. The topological polar surface area (TPSA) is 76.0 Å². The smallest absolute Gasteiger partial charge is 0.197 e. The maximum Gasteiger partial charge on any atom is 0.197 e. The molecule has 5 heteroatoms. The van der Waals surface area contributed by atoms with E-state index < -0.39 is 11.9 Å². The van der Waals surface area contributed by atoms with Crippen molar-refractivity contribution in [3.8, 4) is 0 Å². The van der Waals surface area contributed by atoms with Gasteiger partial charge in [-0.15, -0.1) is 0 Å². The van der Waals surface area contributed by atoms with Gasteiger partial charge in [-0.3, -0.25) is 4.79 Å². The molecule has 1 spiro atoms. The van der Waals surface area contributed by atoms with Gasteiger partial charge >= 0.3 is 0 Å². The van der Waals surface area contributed by atoms with Gasteiger partial charge in [0.25, 0.3) is 0 Å². The number of hydrogen-bond donors (Lipinski definition) is 2. The molecule has 6 aliphatic rings. The summed E-state index contributed by atoms with van der Waals surface area (Å²) >= 11 is 0. The molecule has 0 unspecified atom stereocenters. The summed E-state index contributed by atoms with van der Waals surface area (Å²) in [6, 6.07) is 0. The molecule has 0 aromatic rings. The molecule has 2 N–H and O–H groups in total. The van der Waals surface area contributed by atoms with Crippen LogP contribution in [0, 0.1) is 52.3 Å². The highest BCUT2D eigenvalue weighted by Crippen LogP contribution is 2.71. The summed E-state index contributed by atoms with van der Waals surface area (Å²) in [5, 5.41) is 21.3. The molecular formula is C27H42O5. The number of ether oxygens (including phenoxy) is 2. The maximum absolute atomic E-state index is 13.4. The van der Waals surface area contributed by atoms with E-state index in [-0.39, 0.29) is 34.9 Å². The largest absolute Gasteiger partial charge is 0.393 e. The second kappa shape index (κ2) is 7.02. The molecule has 0 bridgehead atoms. The van der Waals surface area contributed by atoms with E-state index in [4.69, 9.17) is 9.47 Å². The van der Waals surface area contributed by atoms with Crippen molar-refractivity contribution in [2.75, 3.05) is 6.61 Å². The third kappa shape index (κ3) is 2.69. The van der Waals surface area contributed by atoms with Gasteiger partial charge in [-0.2, -0.15) is 0 Å². The minimum atomic E-state index is -0.842. The van der Waals surface area contributed by atoms with Gasteiger partial charge in [0.1, 0.15) is 11.9 Å². The quantitative estimate of drug-likeness (QED) is 0.589. The number of rotatable bonds is 0. The first-order valence-corrected chi connectivity index (χ1v) is 13.3. The molecule has 4 aliphatic carbocycles. The zero-order valence-electron chi connectivity index (χ0n) is 20.3. The van der Waals surface area contributed by atoms with E-state index >= 15 is 0 Å². The molecule has 2 aliphatic heterocycles. The van der Waals surface area contributed by atoms with E-state index in [0.29, 0.717) is 54.8 Å². The van der Waals surface area contributed by atoms with Crippen molar-refractivity contribution in [1.29, 1.82) is 0 Å². The number of carbonyl (C=O) groups is 1. The van der Waals surface area contributed by atoms with Crippen LogP contribution in [0.15, 0.2) is 0 Å². The van der Waals surface area contributed by atoms with Crippen molar-refractivity contribution in [3.63, 3.8) is 0 Å². The van der Waals surface area contributed by atoms with Gasteiger partial charge < -0.3 is 19.7 Å². The number of ketones is 1. The Kier molecular flexibility index (Phi) is 4.83. The van der Waals surface area contributed by atoms with Crippen molar-refractivity contribution in [3.05, 3.63) is 0 Å². The van der Waals surface area contributed by atoms with Gasteiger partial charge in [0.2, 0.25) is 0 Å². The number of aliphatic hydroxyl groups excluding tert-OH is 2. The van der Waals surface area contributed by atoms with Crippen molar-refractivity contribution in [2.45, 2.75) is 103 Å². The second-order valence-electron chi connectivity index (χ2n) is 13.2. The highest BCUT2D eigenvalue weighted by atomic mass is 16.7. The Morgan fingerprint density at radius 3 is 2.47 bits per heavy atom. The predicted octanol–water partition coefficient (Wildman–Crippen LogP) is 3.94. The fourth-order valence-electron chi connectivity index (χ4n) is 10.2. The number of hydrogen-bond acceptors (Lipinski definition) is 5. The Labute approximate surface area is 192 Å². The zero-order valence-corrected chi connectivity index (χ0v) is 20.3. The van der Waals surface area contributed by atoms with Gasteiger partial charge in [-0.25, -0.2) is 0 Å². The zero-order chi connectivity index (χ0) is 22.6. The van der Waals surface area contributed by atoms with Gasteiger partial charge in [0, 0.05) is 18.3 Å². The lowest BCUT2D eigenvalue weighted by molar-refractivity contribution is -0.316. The van der Waals surface area contributed by atoms with E-state index in [0.717, 1.165) is 25.7 Å². The second-order valence-corrected chi connectivity index (χ2v) is 13.2. The Morgan fingerprint density at radius 1 is 0.969 bits per heavy atom. The number of carbonyl (C=O) groups excluding carboxylic acids is 1. The van der Waals surface area contributed by atoms with E-state index in [1.807, 2.05) is 0 Å². The normalized spacial score (nSPS) is 61.8. The lowest BCUT2D eigenvalue weighted by Crippen LogP contribution is -2.59. The highest BCUT2D eigenvalue weighted by molar-refractivity contribution is 5.83. The Morgan fingerprint density at radius 2 is 1.72 bits per heavy atom. The van der Waals surface area contributed by atoms with Crippen LogP contribution in [0.3, 0.4) is 0 Å². The Bertz CT molecular complexity index is 799. The van der Waals surface area contributed by atoms with Crippen LogP contribution in [0.25, 0.3) is 0 Å². The average molecular weight is 447 g/mol. The number of fused-ring (bicyclic) bond motifs is 7. The third-order valence-corrected chi connectivity index (χ3v) is 11.7. The molecule has 5 nitrogen and oxygen atoms in total. The van der Waals surface area contributed by atoms with Crippen LogP contribution >= 0.6 is 0 Å². The van der Waals surface area contributed by atoms with Crippen molar-refractivity contribution < 1.29 is 24.5 Å². The van der Waals surface area contributed by atoms with Gasteiger partial charge in [-0.1, -0.05) is 27.7 Å². The SMILES string of the molecule is C[C@H]1CO[C@@]2(O[C@H]3C[C@H]4[C@@H]5CC(=O)[C@H]6C[C@@H](O)CC[C@]6(C)[C@H]5CC[C@]4(C)[C@H]3[C@@H]2C)[C@@H](O)C1. The van der Waals surface area contributed by atoms with Crippen LogP contribution in [-0.2, 0) is 14.3 Å². The molecule has 0 radical (unpaired) electrons. The minimum absolute atomic E-state index is 0.0453. The molecule has 4 saturated carbocycles. The van der Waals surface area contributed by atoms with Crippen LogP contribution in [0.5, 0.6) is 0 Å². The lowest BCUT2D eigenvalue weighted by Gasteiger charge is -2.60. The first-order valence-electron chi connectivity index (χ1n) is 13.3. The predicted molar refractivity (Wildman–Crippen MR) is 120 cm³/mol. The number of aliphatic hydroxyl groups is 2. The standard InChI is InChI=1S/C27H42O5/c1-14-9-23(30)27(31-13-14)15(2)24-22(32-27)12-19-17-11-21(29)20-10-16(28)5-7-25(20,3)18(17)6-8-26(19,24)4/h14-20,22-24,28,30H,5-13H2,1-4H3/t14-,15+,16+,17-,18+,19+,20-,22+,23+,24+,25-,26+,27+/m1/s1. The van der Waals surface area contributed by atoms with Crippen LogP contribution in [-0.4, -0.2) is 46.7 Å². The summed E-state index contributed by atoms with van der Waals surface area (Å²) in [5.74, 6) is 2.03. The van der Waals surface area contributed by atoms with Gasteiger partial charge in [0.15, 0.2) is 5.79 Å². The van der Waals surface area contributed by atoms with Crippen LogP contribution < -0.4 is 0 Å². The van der Waals surface area contributed by atoms with E-state index in [1.165, 1.54) is 12.8 Å². The van der Waals surface area contributed by atoms with E-state index in [2.05, 4.69) is 27.7 Å². The summed E-state index contributed by atoms with van der Waals surface area (Å²) in [6.07, 6.45) is 6.53. The third-order valence-electron chi connectivity index (χ3n) is 11.7. The molecule has 0 aromatic heterocycles. The van der Waals surface area contributed by atoms with Crippen molar-refractivity contribution in [2.24, 2.45) is 52.3 Å². The summed E-state index contributed by atoms with van der Waals surface area (Å²) < 4.78 is 13.0. The van der Waals surface area contributed by atoms with E-state index in [1.54, 1.807) is 0 Å². The van der Waals surface area contributed by atoms with Crippen molar-refractivity contribution in [1.82, 2.24) is 0 Å². The maximum atomic E-state index is 13.4. The highest BCUT2D eigenvalue weighted by Gasteiger charge is 2.71. The van der Waals surface area contributed by atoms with Crippen molar-refractivity contribution >= 4 is 5.78 Å². The van der Waals surface area contributed by atoms with Crippen LogP contribution in [0.2, 0.25) is 0 Å². The Balaban J connectivity index is 1.29. The monoisotopic (exact) mass is 446 g/mol. The molecule has 2 saturated heterocycles. The first-order chi connectivity index (χ1) is 15.1. The van der Waals surface area contributed by atoms with Crippen LogP contribution in [0.4, 0.5) is 0 Å². The fourth-order valence-corrected chi connectivity index (χ4v) is 10.2. The molecule has 6 rings (SSSR count). The average Bonchev–Trinajstić information content (AvgIpc) is 3.18. The summed E-state index contributed by atoms with van der Waals surface area (Å²) in [5.41, 5.74) is 0.184. The minimum Gasteiger partial charge on any atom is -0.393 e. The summed E-state index contributed by atoms with van der Waals surface area (Å²) in [7, 11) is 0. The molecule has 0 amide bonds. The molecule has 13 atom stereocenters. The van der Waals surface area contributed by atoms with Gasteiger partial charge in [-0.05, 0) is 85.4 Å². The molecule has 0 aromatic carbocycles. The fraction of sp³-hybridized carbons (Fsp3) is 0.963. The van der Waals surface area contributed by atoms with Gasteiger partial charge in [0.05, 0.1) is 18.8 Å². The van der Waals surface area contributed by atoms with Crippen LogP contribution in [0.1, 0.15) is 79.1 Å². The summed E-state index contributed by atoms with van der Waals surface area (Å²) in [4.78, 5) is 13.4. The Hall–Kier alpha value is -0.490. The lowest BCUT2D eigenvalue weighted by atomic mass is 9.44. The molecule has 2 heterocycles. The number of Topliss-reactive ketones (excluding diaryl/α,β-unsaturated/α-hetero) is 1. The summed E-state index contributed by atoms with van der Waals surface area (Å²) in [6.45, 7) is 9.85. The molecular weight excluding hydrogens is 404 g/mol. The van der Waals surface area contributed by atoms with E-state index in [9.17, 15) is 15.0 Å². The molecule has 6 fully saturated rings.